The van der Waals surface area contributed by atoms with Crippen LogP contribution in [-0.4, -0.2) is 19.8 Å². The molecular weight excluding hydrogens is 275 g/mol. The molecule has 0 aliphatic heterocycles. The number of hydrogen-bond donors (Lipinski definition) is 0. The van der Waals surface area contributed by atoms with Gasteiger partial charge in [-0.05, 0) is 0 Å². The number of hydrogen-bond acceptors (Lipinski definition) is 0. The second-order valence-electron chi connectivity index (χ2n) is 4.14. The molecular formula is C13H27Sn. The molecule has 0 aromatic heterocycles. The van der Waals surface area contributed by atoms with Crippen molar-refractivity contribution in [3.63, 3.8) is 0 Å². The van der Waals surface area contributed by atoms with E-state index in [1.54, 1.807) is 13.3 Å². The van der Waals surface area contributed by atoms with Crippen LogP contribution in [0.3, 0.4) is 0 Å². The van der Waals surface area contributed by atoms with Gasteiger partial charge < -0.3 is 0 Å². The fourth-order valence-corrected chi connectivity index (χ4v) is 10.7. The van der Waals surface area contributed by atoms with Crippen molar-refractivity contribution in [1.82, 2.24) is 0 Å². The molecule has 0 N–H and O–H groups in total. The van der Waals surface area contributed by atoms with E-state index in [2.05, 4.69) is 26.5 Å². The number of unbranched alkanes of at least 4 members (excludes halogenated alkanes) is 3. The molecule has 0 unspecified atom stereocenters. The Kier molecular flexibility index (Phi) is 12.1. The Morgan fingerprint density at radius 1 is 0.929 bits per heavy atom. The van der Waals surface area contributed by atoms with Gasteiger partial charge >= 0.3 is 98.1 Å². The minimum absolute atomic E-state index is 0.907. The van der Waals surface area contributed by atoms with Gasteiger partial charge in [0.25, 0.3) is 0 Å². The summed E-state index contributed by atoms with van der Waals surface area (Å²) in [6.45, 7) is 8.45. The third-order valence-corrected chi connectivity index (χ3v) is 11.8. The van der Waals surface area contributed by atoms with Crippen LogP contribution in [0.25, 0.3) is 0 Å². The van der Waals surface area contributed by atoms with E-state index in [0.717, 1.165) is 0 Å². The molecule has 14 heavy (non-hydrogen) atoms. The van der Waals surface area contributed by atoms with E-state index in [-0.39, 0.29) is 0 Å². The van der Waals surface area contributed by atoms with Crippen LogP contribution in [0.2, 0.25) is 13.3 Å². The molecule has 0 aliphatic carbocycles. The summed E-state index contributed by atoms with van der Waals surface area (Å²) in [6.07, 6.45) is 10.6. The van der Waals surface area contributed by atoms with Crippen molar-refractivity contribution in [2.75, 3.05) is 0 Å². The molecule has 0 amide bonds. The van der Waals surface area contributed by atoms with Gasteiger partial charge in [-0.1, -0.05) is 0 Å². The second-order valence-corrected chi connectivity index (χ2v) is 12.7. The molecule has 0 heterocycles. The van der Waals surface area contributed by atoms with Gasteiger partial charge in [-0.2, -0.15) is 0 Å². The van der Waals surface area contributed by atoms with Gasteiger partial charge in [0.15, 0.2) is 0 Å². The van der Waals surface area contributed by atoms with Crippen LogP contribution in [0, 0.1) is 0 Å². The average molecular weight is 302 g/mol. The summed E-state index contributed by atoms with van der Waals surface area (Å²) in [7, 11) is 0. The Balaban J connectivity index is 3.54. The summed E-state index contributed by atoms with van der Waals surface area (Å²) in [5, 5.41) is 0. The third-order valence-electron chi connectivity index (χ3n) is 2.71. The molecule has 0 atom stereocenters. The molecule has 0 bridgehead atoms. The van der Waals surface area contributed by atoms with Gasteiger partial charge in [0.2, 0.25) is 0 Å². The minimum atomic E-state index is -0.907. The Labute approximate surface area is 97.9 Å². The first kappa shape index (κ1) is 14.5. The van der Waals surface area contributed by atoms with E-state index in [1.165, 1.54) is 38.5 Å². The second kappa shape index (κ2) is 11.6. The summed E-state index contributed by atoms with van der Waals surface area (Å²) in [5.74, 6) is 0. The van der Waals surface area contributed by atoms with Crippen LogP contribution < -0.4 is 0 Å². The fourth-order valence-electron chi connectivity index (χ4n) is 1.72. The zero-order valence-corrected chi connectivity index (χ0v) is 13.0. The summed E-state index contributed by atoms with van der Waals surface area (Å²) >= 11 is -0.907. The summed E-state index contributed by atoms with van der Waals surface area (Å²) in [5.41, 5.74) is 0. The zero-order chi connectivity index (χ0) is 10.6. The SMILES string of the molecule is C=CCC[CH2][Sn]([CH2]CCC)[CH2]CCC. The van der Waals surface area contributed by atoms with Crippen molar-refractivity contribution in [2.24, 2.45) is 0 Å². The molecule has 0 rings (SSSR count). The van der Waals surface area contributed by atoms with E-state index in [4.69, 9.17) is 0 Å². The quantitative estimate of drug-likeness (QED) is 0.301. The molecule has 0 fully saturated rings. The first-order chi connectivity index (χ1) is 6.85. The van der Waals surface area contributed by atoms with Crippen molar-refractivity contribution in [1.29, 1.82) is 0 Å². The van der Waals surface area contributed by atoms with E-state index >= 15 is 0 Å². The van der Waals surface area contributed by atoms with Crippen LogP contribution in [0.4, 0.5) is 0 Å². The van der Waals surface area contributed by atoms with Crippen molar-refractivity contribution in [2.45, 2.75) is 65.7 Å². The van der Waals surface area contributed by atoms with Crippen LogP contribution in [-0.2, 0) is 0 Å². The predicted molar refractivity (Wildman–Crippen MR) is 69.4 cm³/mol. The molecule has 0 nitrogen and oxygen atoms in total. The molecule has 0 saturated carbocycles. The van der Waals surface area contributed by atoms with E-state index < -0.39 is 19.8 Å². The van der Waals surface area contributed by atoms with Crippen molar-refractivity contribution < 1.29 is 0 Å². The van der Waals surface area contributed by atoms with Gasteiger partial charge in [-0.15, -0.1) is 0 Å². The number of rotatable bonds is 10. The molecule has 0 aromatic carbocycles. The Morgan fingerprint density at radius 3 is 1.86 bits per heavy atom. The average Bonchev–Trinajstić information content (AvgIpc) is 2.21. The summed E-state index contributed by atoms with van der Waals surface area (Å²) in [4.78, 5) is 0. The third kappa shape index (κ3) is 9.11. The summed E-state index contributed by atoms with van der Waals surface area (Å²) in [6, 6.07) is 0. The first-order valence-corrected chi connectivity index (χ1v) is 12.3. The van der Waals surface area contributed by atoms with Crippen molar-refractivity contribution in [3.8, 4) is 0 Å². The Bertz CT molecular complexity index is 112. The number of allylic oxidation sites excluding steroid dienone is 1. The Hall–Kier alpha value is 0.539. The first-order valence-electron chi connectivity index (χ1n) is 6.29. The monoisotopic (exact) mass is 303 g/mol. The molecule has 1 heteroatoms. The molecule has 0 aromatic rings. The van der Waals surface area contributed by atoms with Gasteiger partial charge in [-0.3, -0.25) is 0 Å². The Morgan fingerprint density at radius 2 is 1.43 bits per heavy atom. The molecule has 83 valence electrons. The van der Waals surface area contributed by atoms with Gasteiger partial charge in [0.1, 0.15) is 0 Å². The molecule has 0 spiro atoms. The maximum absolute atomic E-state index is 3.80. The maximum atomic E-state index is 3.80. The van der Waals surface area contributed by atoms with E-state index in [9.17, 15) is 0 Å². The van der Waals surface area contributed by atoms with E-state index in [1.807, 2.05) is 0 Å². The normalized spacial score (nSPS) is 10.8. The van der Waals surface area contributed by atoms with Gasteiger partial charge in [-0.25, -0.2) is 0 Å². The molecule has 1 radical (unpaired) electrons. The van der Waals surface area contributed by atoms with Crippen LogP contribution in [0.1, 0.15) is 52.4 Å². The van der Waals surface area contributed by atoms with Crippen LogP contribution in [0.15, 0.2) is 12.7 Å². The van der Waals surface area contributed by atoms with Crippen LogP contribution >= 0.6 is 0 Å². The topological polar surface area (TPSA) is 0 Å². The summed E-state index contributed by atoms with van der Waals surface area (Å²) < 4.78 is 4.92. The predicted octanol–water partition coefficient (Wildman–Crippen LogP) is 5.05. The van der Waals surface area contributed by atoms with E-state index in [0.29, 0.717) is 0 Å². The zero-order valence-electron chi connectivity index (χ0n) is 10.1. The van der Waals surface area contributed by atoms with Gasteiger partial charge in [0, 0.05) is 0 Å². The molecule has 0 aliphatic rings. The van der Waals surface area contributed by atoms with Crippen molar-refractivity contribution in [3.05, 3.63) is 12.7 Å². The fraction of sp³-hybridized carbons (Fsp3) is 0.846. The van der Waals surface area contributed by atoms with Crippen molar-refractivity contribution >= 4 is 19.8 Å². The standard InChI is InChI=1S/C5H9.2C4H9.Sn/c1-3-5-4-2;2*1-3-4-2;/h3H,1-2,4-5H2;2*1,3-4H2,2H3;. The molecule has 0 saturated heterocycles. The van der Waals surface area contributed by atoms with Crippen LogP contribution in [0.5, 0.6) is 0 Å². The van der Waals surface area contributed by atoms with Gasteiger partial charge in [0.05, 0.1) is 0 Å².